The van der Waals surface area contributed by atoms with Crippen molar-refractivity contribution in [3.8, 4) is 5.75 Å². The van der Waals surface area contributed by atoms with Crippen molar-refractivity contribution in [3.05, 3.63) is 42.5 Å². The van der Waals surface area contributed by atoms with Gasteiger partial charge in [0.2, 0.25) is 6.86 Å². The molecule has 1 heterocycles. The van der Waals surface area contributed by atoms with Gasteiger partial charge in [-0.2, -0.15) is 0 Å². The Balaban J connectivity index is 1.96. The van der Waals surface area contributed by atoms with Crippen LogP contribution in [0.5, 0.6) is 5.75 Å². The van der Waals surface area contributed by atoms with Crippen LogP contribution < -0.4 is 4.74 Å². The Bertz CT molecular complexity index is 353. The molecule has 1 aromatic carbocycles. The molecule has 1 aromatic rings. The minimum absolute atomic E-state index is 0.144. The SMILES string of the molecule is C=CC1CCC(c2ccc(OCF)cc2)OC1. The highest BCUT2D eigenvalue weighted by atomic mass is 19.1. The molecular formula is C14H17FO2. The molecule has 0 amide bonds. The molecule has 1 fully saturated rings. The summed E-state index contributed by atoms with van der Waals surface area (Å²) in [5.41, 5.74) is 1.12. The molecule has 1 aliphatic rings. The maximum atomic E-state index is 12.0. The van der Waals surface area contributed by atoms with Crippen molar-refractivity contribution in [2.75, 3.05) is 13.5 Å². The van der Waals surface area contributed by atoms with Crippen molar-refractivity contribution < 1.29 is 13.9 Å². The zero-order valence-electron chi connectivity index (χ0n) is 9.77. The van der Waals surface area contributed by atoms with Gasteiger partial charge in [0, 0.05) is 5.92 Å². The van der Waals surface area contributed by atoms with Crippen molar-refractivity contribution in [1.29, 1.82) is 0 Å². The minimum Gasteiger partial charge on any atom is -0.463 e. The predicted octanol–water partition coefficient (Wildman–Crippen LogP) is 3.65. The average molecular weight is 236 g/mol. The Hall–Kier alpha value is -1.35. The first-order chi connectivity index (χ1) is 8.33. The second-order valence-electron chi connectivity index (χ2n) is 4.22. The topological polar surface area (TPSA) is 18.5 Å². The molecule has 0 N–H and O–H groups in total. The van der Waals surface area contributed by atoms with Gasteiger partial charge in [-0.1, -0.05) is 18.2 Å². The molecule has 0 spiro atoms. The van der Waals surface area contributed by atoms with E-state index >= 15 is 0 Å². The fourth-order valence-corrected chi connectivity index (χ4v) is 2.06. The maximum absolute atomic E-state index is 12.0. The second-order valence-corrected chi connectivity index (χ2v) is 4.22. The highest BCUT2D eigenvalue weighted by molar-refractivity contribution is 5.28. The van der Waals surface area contributed by atoms with Crippen LogP contribution in [0.1, 0.15) is 24.5 Å². The van der Waals surface area contributed by atoms with E-state index in [4.69, 9.17) is 9.47 Å². The number of ether oxygens (including phenoxy) is 2. The minimum atomic E-state index is -0.791. The highest BCUT2D eigenvalue weighted by Gasteiger charge is 2.20. The lowest BCUT2D eigenvalue weighted by molar-refractivity contribution is -0.00517. The monoisotopic (exact) mass is 236 g/mol. The first-order valence-electron chi connectivity index (χ1n) is 5.86. The lowest BCUT2D eigenvalue weighted by atomic mass is 9.95. The van der Waals surface area contributed by atoms with E-state index in [0.29, 0.717) is 11.7 Å². The number of halogens is 1. The smallest absolute Gasteiger partial charge is 0.228 e. The molecule has 3 heteroatoms. The Morgan fingerprint density at radius 3 is 2.65 bits per heavy atom. The Kier molecular flexibility index (Phi) is 4.15. The summed E-state index contributed by atoms with van der Waals surface area (Å²) in [6.07, 6.45) is 4.20. The number of hydrogen-bond acceptors (Lipinski definition) is 2. The molecule has 92 valence electrons. The molecule has 0 radical (unpaired) electrons. The standard InChI is InChI=1S/C14H17FO2/c1-2-11-3-8-14(16-9-11)12-4-6-13(7-5-12)17-10-15/h2,4-7,11,14H,1,3,8-10H2. The van der Waals surface area contributed by atoms with Gasteiger partial charge in [0.1, 0.15) is 5.75 Å². The van der Waals surface area contributed by atoms with Gasteiger partial charge in [0.05, 0.1) is 12.7 Å². The summed E-state index contributed by atoms with van der Waals surface area (Å²) in [6.45, 7) is 3.72. The van der Waals surface area contributed by atoms with Gasteiger partial charge < -0.3 is 9.47 Å². The summed E-state index contributed by atoms with van der Waals surface area (Å²) in [4.78, 5) is 0. The van der Waals surface area contributed by atoms with Gasteiger partial charge in [-0.05, 0) is 30.5 Å². The number of benzene rings is 1. The molecule has 1 saturated heterocycles. The van der Waals surface area contributed by atoms with Gasteiger partial charge in [-0.3, -0.25) is 0 Å². The van der Waals surface area contributed by atoms with Crippen LogP contribution in [0.2, 0.25) is 0 Å². The molecule has 0 bridgehead atoms. The third-order valence-electron chi connectivity index (χ3n) is 3.12. The van der Waals surface area contributed by atoms with E-state index in [1.54, 1.807) is 12.1 Å². The van der Waals surface area contributed by atoms with E-state index in [-0.39, 0.29) is 6.10 Å². The summed E-state index contributed by atoms with van der Waals surface area (Å²) in [5.74, 6) is 1.02. The lowest BCUT2D eigenvalue weighted by Gasteiger charge is -2.27. The van der Waals surface area contributed by atoms with Crippen LogP contribution in [-0.2, 0) is 4.74 Å². The largest absolute Gasteiger partial charge is 0.463 e. The van der Waals surface area contributed by atoms with Crippen molar-refractivity contribution in [2.45, 2.75) is 18.9 Å². The fraction of sp³-hybridized carbons (Fsp3) is 0.429. The van der Waals surface area contributed by atoms with Crippen LogP contribution in [0.15, 0.2) is 36.9 Å². The quantitative estimate of drug-likeness (QED) is 0.743. The van der Waals surface area contributed by atoms with Gasteiger partial charge >= 0.3 is 0 Å². The Morgan fingerprint density at radius 2 is 2.12 bits per heavy atom. The molecule has 0 aromatic heterocycles. The molecule has 17 heavy (non-hydrogen) atoms. The summed E-state index contributed by atoms with van der Waals surface area (Å²) in [6, 6.07) is 7.42. The third-order valence-corrected chi connectivity index (χ3v) is 3.12. The van der Waals surface area contributed by atoms with E-state index in [1.165, 1.54) is 0 Å². The first-order valence-corrected chi connectivity index (χ1v) is 5.86. The zero-order chi connectivity index (χ0) is 12.1. The second kappa shape index (κ2) is 5.82. The van der Waals surface area contributed by atoms with Crippen LogP contribution in [0.4, 0.5) is 4.39 Å². The third kappa shape index (κ3) is 3.07. The van der Waals surface area contributed by atoms with E-state index in [1.807, 2.05) is 18.2 Å². The van der Waals surface area contributed by atoms with Crippen molar-refractivity contribution in [2.24, 2.45) is 5.92 Å². The van der Waals surface area contributed by atoms with E-state index in [0.717, 1.165) is 25.0 Å². The van der Waals surface area contributed by atoms with Gasteiger partial charge in [0.25, 0.3) is 0 Å². The van der Waals surface area contributed by atoms with Crippen LogP contribution in [0.25, 0.3) is 0 Å². The maximum Gasteiger partial charge on any atom is 0.228 e. The van der Waals surface area contributed by atoms with Crippen LogP contribution in [0, 0.1) is 5.92 Å². The van der Waals surface area contributed by atoms with E-state index in [2.05, 4.69) is 6.58 Å². The van der Waals surface area contributed by atoms with Crippen molar-refractivity contribution >= 4 is 0 Å². The Labute approximate surface area is 101 Å². The summed E-state index contributed by atoms with van der Waals surface area (Å²) in [5, 5.41) is 0. The molecule has 0 saturated carbocycles. The van der Waals surface area contributed by atoms with Crippen molar-refractivity contribution in [1.82, 2.24) is 0 Å². The first kappa shape index (κ1) is 12.1. The van der Waals surface area contributed by atoms with Gasteiger partial charge in [-0.25, -0.2) is 4.39 Å². The van der Waals surface area contributed by atoms with Gasteiger partial charge in [0.15, 0.2) is 0 Å². The normalized spacial score (nSPS) is 24.3. The molecule has 2 unspecified atom stereocenters. The summed E-state index contributed by atoms with van der Waals surface area (Å²) >= 11 is 0. The van der Waals surface area contributed by atoms with E-state index < -0.39 is 6.86 Å². The van der Waals surface area contributed by atoms with E-state index in [9.17, 15) is 4.39 Å². The molecule has 2 rings (SSSR count). The molecule has 2 nitrogen and oxygen atoms in total. The van der Waals surface area contributed by atoms with Crippen LogP contribution >= 0.6 is 0 Å². The number of alkyl halides is 1. The predicted molar refractivity (Wildman–Crippen MR) is 64.7 cm³/mol. The summed E-state index contributed by atoms with van der Waals surface area (Å²) in [7, 11) is 0. The molecule has 1 aliphatic heterocycles. The highest BCUT2D eigenvalue weighted by Crippen LogP contribution is 2.31. The number of hydrogen-bond donors (Lipinski definition) is 0. The molecule has 2 atom stereocenters. The summed E-state index contributed by atoms with van der Waals surface area (Å²) < 4.78 is 22.5. The lowest BCUT2D eigenvalue weighted by Crippen LogP contribution is -2.19. The average Bonchev–Trinajstić information content (AvgIpc) is 2.40. The van der Waals surface area contributed by atoms with Crippen LogP contribution in [0.3, 0.4) is 0 Å². The molecule has 0 aliphatic carbocycles. The van der Waals surface area contributed by atoms with Gasteiger partial charge in [-0.15, -0.1) is 6.58 Å². The molecular weight excluding hydrogens is 219 g/mol. The number of rotatable bonds is 4. The van der Waals surface area contributed by atoms with Crippen molar-refractivity contribution in [3.63, 3.8) is 0 Å². The Morgan fingerprint density at radius 1 is 1.35 bits per heavy atom. The fourth-order valence-electron chi connectivity index (χ4n) is 2.06. The zero-order valence-corrected chi connectivity index (χ0v) is 9.77. The van der Waals surface area contributed by atoms with Crippen LogP contribution in [-0.4, -0.2) is 13.5 Å².